The van der Waals surface area contributed by atoms with E-state index in [0.717, 1.165) is 31.2 Å². The molecule has 0 heterocycles. The van der Waals surface area contributed by atoms with Crippen molar-refractivity contribution < 1.29 is 9.59 Å². The number of amides is 2. The molecule has 0 radical (unpaired) electrons. The van der Waals surface area contributed by atoms with Crippen molar-refractivity contribution in [3.8, 4) is 0 Å². The zero-order valence-corrected chi connectivity index (χ0v) is 20.5. The zero-order valence-electron chi connectivity index (χ0n) is 18.3. The van der Waals surface area contributed by atoms with Gasteiger partial charge in [-0.1, -0.05) is 78.3 Å². The molecule has 2 aromatic rings. The Morgan fingerprint density at radius 3 is 2.25 bits per heavy atom. The van der Waals surface area contributed by atoms with E-state index in [1.165, 1.54) is 6.42 Å². The number of aryl methyl sites for hydroxylation is 1. The van der Waals surface area contributed by atoms with Crippen LogP contribution in [-0.2, 0) is 22.6 Å². The first-order valence-electron chi connectivity index (χ1n) is 11.1. The van der Waals surface area contributed by atoms with Gasteiger partial charge in [0.05, 0.1) is 0 Å². The van der Waals surface area contributed by atoms with Crippen molar-refractivity contribution in [3.05, 3.63) is 68.7 Å². The highest BCUT2D eigenvalue weighted by molar-refractivity contribution is 6.36. The van der Waals surface area contributed by atoms with Gasteiger partial charge in [-0.15, -0.1) is 0 Å². The third-order valence-corrected chi connectivity index (χ3v) is 7.15. The summed E-state index contributed by atoms with van der Waals surface area (Å²) in [5.74, 6) is -0.293. The molecule has 2 aromatic carbocycles. The van der Waals surface area contributed by atoms with E-state index in [0.29, 0.717) is 27.1 Å². The van der Waals surface area contributed by atoms with Crippen molar-refractivity contribution in [2.24, 2.45) is 0 Å². The maximum absolute atomic E-state index is 13.3. The third kappa shape index (κ3) is 6.63. The molecule has 1 saturated carbocycles. The Hall–Kier alpha value is -1.75. The number of carbonyl (C=O) groups excluding carboxylic acids is 2. The van der Waals surface area contributed by atoms with Crippen LogP contribution >= 0.6 is 34.8 Å². The quantitative estimate of drug-likeness (QED) is 0.458. The fourth-order valence-electron chi connectivity index (χ4n) is 4.09. The summed E-state index contributed by atoms with van der Waals surface area (Å²) in [6.45, 7) is 1.93. The van der Waals surface area contributed by atoms with Crippen molar-refractivity contribution in [2.75, 3.05) is 0 Å². The maximum Gasteiger partial charge on any atom is 0.242 e. The Balaban J connectivity index is 1.77. The number of rotatable bonds is 8. The molecule has 32 heavy (non-hydrogen) atoms. The molecule has 1 aliphatic carbocycles. The summed E-state index contributed by atoms with van der Waals surface area (Å²) in [7, 11) is 0. The minimum Gasteiger partial charge on any atom is -0.352 e. The monoisotopic (exact) mass is 494 g/mol. The lowest BCUT2D eigenvalue weighted by Crippen LogP contribution is -2.50. The van der Waals surface area contributed by atoms with Crippen molar-refractivity contribution in [1.82, 2.24) is 10.2 Å². The van der Waals surface area contributed by atoms with Gasteiger partial charge in [-0.05, 0) is 49.9 Å². The van der Waals surface area contributed by atoms with Crippen LogP contribution in [-0.4, -0.2) is 28.8 Å². The number of hydrogen-bond acceptors (Lipinski definition) is 2. The van der Waals surface area contributed by atoms with Crippen LogP contribution < -0.4 is 5.32 Å². The molecule has 172 valence electrons. The smallest absolute Gasteiger partial charge is 0.242 e. The molecule has 0 saturated heterocycles. The van der Waals surface area contributed by atoms with Crippen LogP contribution in [0.15, 0.2) is 42.5 Å². The Labute approximate surface area is 205 Å². The van der Waals surface area contributed by atoms with E-state index in [-0.39, 0.29) is 30.8 Å². The highest BCUT2D eigenvalue weighted by Gasteiger charge is 2.29. The Kier molecular flexibility index (Phi) is 9.27. The largest absolute Gasteiger partial charge is 0.352 e. The first-order chi connectivity index (χ1) is 15.4. The van der Waals surface area contributed by atoms with Crippen LogP contribution in [0.5, 0.6) is 0 Å². The molecular formula is C25H29Cl3N2O2. The van der Waals surface area contributed by atoms with E-state index in [2.05, 4.69) is 5.32 Å². The Bertz CT molecular complexity index is 924. The second-order valence-electron chi connectivity index (χ2n) is 8.33. The van der Waals surface area contributed by atoms with E-state index in [1.807, 2.05) is 24.3 Å². The second kappa shape index (κ2) is 11.9. The van der Waals surface area contributed by atoms with Crippen molar-refractivity contribution in [2.45, 2.75) is 70.5 Å². The maximum atomic E-state index is 13.3. The van der Waals surface area contributed by atoms with E-state index in [9.17, 15) is 9.59 Å². The van der Waals surface area contributed by atoms with Gasteiger partial charge in [-0.25, -0.2) is 0 Å². The molecule has 7 heteroatoms. The summed E-state index contributed by atoms with van der Waals surface area (Å²) in [6, 6.07) is 12.2. The van der Waals surface area contributed by atoms with Gasteiger partial charge in [0.25, 0.3) is 0 Å². The van der Waals surface area contributed by atoms with Crippen molar-refractivity contribution in [1.29, 1.82) is 0 Å². The van der Waals surface area contributed by atoms with Gasteiger partial charge in [0.15, 0.2) is 0 Å². The summed E-state index contributed by atoms with van der Waals surface area (Å²) in [5.41, 5.74) is 1.54. The molecule has 4 nitrogen and oxygen atoms in total. The lowest BCUT2D eigenvalue weighted by molar-refractivity contribution is -0.141. The highest BCUT2D eigenvalue weighted by atomic mass is 35.5. The molecule has 2 amide bonds. The molecular weight excluding hydrogens is 467 g/mol. The topological polar surface area (TPSA) is 49.4 Å². The number of nitrogens with zero attached hydrogens (tertiary/aromatic N) is 1. The normalized spacial score (nSPS) is 15.2. The average molecular weight is 496 g/mol. The second-order valence-corrected chi connectivity index (χ2v) is 9.55. The fraction of sp³-hybridized carbons (Fsp3) is 0.440. The Morgan fingerprint density at radius 1 is 0.969 bits per heavy atom. The van der Waals surface area contributed by atoms with Gasteiger partial charge >= 0.3 is 0 Å². The molecule has 1 atom stereocenters. The Morgan fingerprint density at radius 2 is 1.59 bits per heavy atom. The number of nitrogens with one attached hydrogen (secondary N) is 1. The molecule has 1 fully saturated rings. The first kappa shape index (κ1) is 24.9. The van der Waals surface area contributed by atoms with E-state index in [1.54, 1.807) is 30.0 Å². The van der Waals surface area contributed by atoms with Gasteiger partial charge < -0.3 is 10.2 Å². The van der Waals surface area contributed by atoms with Crippen LogP contribution in [0.4, 0.5) is 0 Å². The summed E-state index contributed by atoms with van der Waals surface area (Å²) >= 11 is 19.0. The fourth-order valence-corrected chi connectivity index (χ4v) is 4.84. The van der Waals surface area contributed by atoms with Gasteiger partial charge in [-0.3, -0.25) is 9.59 Å². The molecule has 0 aliphatic heterocycles. The number of benzene rings is 2. The molecule has 1 unspecified atom stereocenters. The number of hydrogen-bond donors (Lipinski definition) is 1. The predicted octanol–water partition coefficient (Wildman–Crippen LogP) is 6.45. The predicted molar refractivity (Wildman–Crippen MR) is 131 cm³/mol. The summed E-state index contributed by atoms with van der Waals surface area (Å²) < 4.78 is 0. The third-order valence-electron chi connectivity index (χ3n) is 6.08. The SMILES string of the molecule is CC(C(=O)NC1CCCCC1)N(Cc1c(Cl)cccc1Cl)C(=O)CCc1ccccc1Cl. The van der Waals surface area contributed by atoms with Gasteiger partial charge in [0.1, 0.15) is 6.04 Å². The number of halogens is 3. The molecule has 1 aliphatic rings. The average Bonchev–Trinajstić information content (AvgIpc) is 2.78. The standard InChI is InChI=1S/C25H29Cl3N2O2/c1-17(25(32)29-19-9-3-2-4-10-19)30(16-20-22(27)12-7-13-23(20)28)24(31)15-14-18-8-5-6-11-21(18)26/h5-8,11-13,17,19H,2-4,9-10,14-16H2,1H3,(H,29,32). The van der Waals surface area contributed by atoms with E-state index >= 15 is 0 Å². The molecule has 3 rings (SSSR count). The minimum atomic E-state index is -0.650. The molecule has 0 aromatic heterocycles. The van der Waals surface area contributed by atoms with Gasteiger partial charge in [-0.2, -0.15) is 0 Å². The summed E-state index contributed by atoms with van der Waals surface area (Å²) in [4.78, 5) is 27.9. The minimum absolute atomic E-state index is 0.146. The van der Waals surface area contributed by atoms with Crippen molar-refractivity contribution in [3.63, 3.8) is 0 Å². The summed E-state index contributed by atoms with van der Waals surface area (Å²) in [6.07, 6.45) is 6.13. The lowest BCUT2D eigenvalue weighted by atomic mass is 9.95. The van der Waals surface area contributed by atoms with Crippen LogP contribution in [0.1, 0.15) is 56.6 Å². The van der Waals surface area contributed by atoms with E-state index < -0.39 is 6.04 Å². The van der Waals surface area contributed by atoms with Gasteiger partial charge in [0, 0.05) is 39.6 Å². The van der Waals surface area contributed by atoms with Crippen LogP contribution in [0.25, 0.3) is 0 Å². The van der Waals surface area contributed by atoms with Crippen LogP contribution in [0.2, 0.25) is 15.1 Å². The molecule has 1 N–H and O–H groups in total. The van der Waals surface area contributed by atoms with Gasteiger partial charge in [0.2, 0.25) is 11.8 Å². The summed E-state index contributed by atoms with van der Waals surface area (Å²) in [5, 5.41) is 4.71. The first-order valence-corrected chi connectivity index (χ1v) is 12.3. The van der Waals surface area contributed by atoms with Crippen LogP contribution in [0.3, 0.4) is 0 Å². The number of carbonyl (C=O) groups is 2. The lowest BCUT2D eigenvalue weighted by Gasteiger charge is -2.31. The molecule has 0 bridgehead atoms. The zero-order chi connectivity index (χ0) is 23.1. The van der Waals surface area contributed by atoms with Crippen LogP contribution in [0, 0.1) is 0 Å². The molecule has 0 spiro atoms. The highest BCUT2D eigenvalue weighted by Crippen LogP contribution is 2.27. The van der Waals surface area contributed by atoms with E-state index in [4.69, 9.17) is 34.8 Å². The van der Waals surface area contributed by atoms with Crippen molar-refractivity contribution >= 4 is 46.6 Å².